The lowest BCUT2D eigenvalue weighted by Gasteiger charge is -2.07. The van der Waals surface area contributed by atoms with E-state index >= 15 is 0 Å². The Bertz CT molecular complexity index is 523. The summed E-state index contributed by atoms with van der Waals surface area (Å²) in [6.07, 6.45) is 1.88. The molecule has 1 heterocycles. The molecule has 1 aromatic heterocycles. The topological polar surface area (TPSA) is 25.8 Å². The van der Waals surface area contributed by atoms with E-state index in [1.165, 1.54) is 5.56 Å². The van der Waals surface area contributed by atoms with Crippen LogP contribution in [0.3, 0.4) is 0 Å². The Labute approximate surface area is 107 Å². The molecule has 0 spiro atoms. The lowest BCUT2D eigenvalue weighted by molar-refractivity contribution is 0.836. The minimum atomic E-state index is 0.515. The molecule has 2 aromatic rings. The molecular weight excluding hydrogens is 232 g/mol. The van der Waals surface area contributed by atoms with Gasteiger partial charge in [-0.25, -0.2) is 9.97 Å². The first kappa shape index (κ1) is 12.1. The van der Waals surface area contributed by atoms with Gasteiger partial charge in [0.25, 0.3) is 0 Å². The fourth-order valence-electron chi connectivity index (χ4n) is 1.80. The molecular formula is C14H15ClN2. The monoisotopic (exact) mass is 246 g/mol. The zero-order valence-electron chi connectivity index (χ0n) is 10.1. The van der Waals surface area contributed by atoms with Crippen LogP contribution in [0, 0.1) is 6.92 Å². The third-order valence-corrected chi connectivity index (χ3v) is 2.83. The average molecular weight is 247 g/mol. The molecule has 0 N–H and O–H groups in total. The van der Waals surface area contributed by atoms with Crippen molar-refractivity contribution in [2.75, 3.05) is 0 Å². The van der Waals surface area contributed by atoms with E-state index in [1.807, 2.05) is 18.2 Å². The van der Waals surface area contributed by atoms with Crippen LogP contribution in [0.5, 0.6) is 0 Å². The summed E-state index contributed by atoms with van der Waals surface area (Å²) in [6, 6.07) is 9.99. The largest absolute Gasteiger partial charge is 0.233 e. The molecule has 88 valence electrons. The number of benzene rings is 1. The van der Waals surface area contributed by atoms with Crippen LogP contribution in [0.15, 0.2) is 30.3 Å². The van der Waals surface area contributed by atoms with E-state index in [2.05, 4.69) is 35.9 Å². The van der Waals surface area contributed by atoms with Crippen LogP contribution in [0.1, 0.15) is 24.7 Å². The minimum absolute atomic E-state index is 0.515. The third-order valence-electron chi connectivity index (χ3n) is 2.64. The molecule has 0 saturated carbocycles. The summed E-state index contributed by atoms with van der Waals surface area (Å²) in [4.78, 5) is 8.79. The average Bonchev–Trinajstić information content (AvgIpc) is 2.29. The summed E-state index contributed by atoms with van der Waals surface area (Å²) in [5, 5.41) is 0.515. The standard InChI is InChI=1S/C14H15ClN2/c1-3-6-14-16-12(9-13(15)17-14)11-8-5-4-7-10(11)2/h4-5,7-9H,3,6H2,1-2H3. The van der Waals surface area contributed by atoms with Crippen LogP contribution >= 0.6 is 11.6 Å². The lowest BCUT2D eigenvalue weighted by Crippen LogP contribution is -1.97. The molecule has 17 heavy (non-hydrogen) atoms. The molecule has 0 fully saturated rings. The van der Waals surface area contributed by atoms with Crippen molar-refractivity contribution in [2.45, 2.75) is 26.7 Å². The van der Waals surface area contributed by atoms with Crippen molar-refractivity contribution >= 4 is 11.6 Å². The Hall–Kier alpha value is -1.41. The molecule has 0 unspecified atom stereocenters. The van der Waals surface area contributed by atoms with Crippen LogP contribution < -0.4 is 0 Å². The third kappa shape index (κ3) is 2.83. The minimum Gasteiger partial charge on any atom is -0.233 e. The van der Waals surface area contributed by atoms with Crippen molar-refractivity contribution in [3.8, 4) is 11.3 Å². The van der Waals surface area contributed by atoms with Crippen LogP contribution in [0.25, 0.3) is 11.3 Å². The van der Waals surface area contributed by atoms with Gasteiger partial charge in [0.1, 0.15) is 11.0 Å². The summed E-state index contributed by atoms with van der Waals surface area (Å²) in [5.41, 5.74) is 3.23. The fourth-order valence-corrected chi connectivity index (χ4v) is 2.00. The molecule has 1 aromatic carbocycles. The predicted octanol–water partition coefficient (Wildman–Crippen LogP) is 4.06. The van der Waals surface area contributed by atoms with E-state index < -0.39 is 0 Å². The number of hydrogen-bond acceptors (Lipinski definition) is 2. The second kappa shape index (κ2) is 5.28. The summed E-state index contributed by atoms with van der Waals surface area (Å²) in [6.45, 7) is 4.18. The molecule has 2 rings (SSSR count). The number of nitrogens with zero attached hydrogens (tertiary/aromatic N) is 2. The maximum Gasteiger partial charge on any atom is 0.133 e. The van der Waals surface area contributed by atoms with Gasteiger partial charge in [0.15, 0.2) is 0 Å². The van der Waals surface area contributed by atoms with Gasteiger partial charge in [-0.05, 0) is 18.9 Å². The zero-order chi connectivity index (χ0) is 12.3. The highest BCUT2D eigenvalue weighted by Crippen LogP contribution is 2.23. The highest BCUT2D eigenvalue weighted by atomic mass is 35.5. The first-order valence-corrected chi connectivity index (χ1v) is 6.18. The molecule has 0 aliphatic rings. The van der Waals surface area contributed by atoms with Crippen LogP contribution in [-0.4, -0.2) is 9.97 Å². The normalized spacial score (nSPS) is 10.5. The maximum absolute atomic E-state index is 6.04. The first-order chi connectivity index (χ1) is 8.20. The molecule has 0 radical (unpaired) electrons. The second-order valence-electron chi connectivity index (χ2n) is 4.06. The quantitative estimate of drug-likeness (QED) is 0.764. The number of hydrogen-bond donors (Lipinski definition) is 0. The Balaban J connectivity index is 2.48. The molecule has 0 aliphatic carbocycles. The van der Waals surface area contributed by atoms with Gasteiger partial charge in [-0.15, -0.1) is 0 Å². The lowest BCUT2D eigenvalue weighted by atomic mass is 10.1. The Kier molecular flexibility index (Phi) is 3.75. The second-order valence-corrected chi connectivity index (χ2v) is 4.44. The van der Waals surface area contributed by atoms with Crippen molar-refractivity contribution in [3.05, 3.63) is 46.9 Å². The van der Waals surface area contributed by atoms with Crippen LogP contribution in [-0.2, 0) is 6.42 Å². The number of aromatic nitrogens is 2. The molecule has 2 nitrogen and oxygen atoms in total. The van der Waals surface area contributed by atoms with Gasteiger partial charge >= 0.3 is 0 Å². The van der Waals surface area contributed by atoms with E-state index in [0.29, 0.717) is 5.15 Å². The Morgan fingerprint density at radius 2 is 1.94 bits per heavy atom. The fraction of sp³-hybridized carbons (Fsp3) is 0.286. The molecule has 3 heteroatoms. The van der Waals surface area contributed by atoms with Gasteiger partial charge < -0.3 is 0 Å². The highest BCUT2D eigenvalue weighted by molar-refractivity contribution is 6.29. The van der Waals surface area contributed by atoms with Gasteiger partial charge in [-0.2, -0.15) is 0 Å². The summed E-state index contributed by atoms with van der Waals surface area (Å²) < 4.78 is 0. The van der Waals surface area contributed by atoms with Gasteiger partial charge in [0, 0.05) is 18.1 Å². The predicted molar refractivity (Wildman–Crippen MR) is 71.2 cm³/mol. The SMILES string of the molecule is CCCc1nc(Cl)cc(-c2ccccc2C)n1. The van der Waals surface area contributed by atoms with Crippen molar-refractivity contribution in [3.63, 3.8) is 0 Å². The van der Waals surface area contributed by atoms with E-state index in [1.54, 1.807) is 0 Å². The maximum atomic E-state index is 6.04. The summed E-state index contributed by atoms with van der Waals surface area (Å²) in [5.74, 6) is 0.818. The van der Waals surface area contributed by atoms with Crippen LogP contribution in [0.4, 0.5) is 0 Å². The summed E-state index contributed by atoms with van der Waals surface area (Å²) >= 11 is 6.04. The highest BCUT2D eigenvalue weighted by Gasteiger charge is 2.06. The van der Waals surface area contributed by atoms with E-state index in [-0.39, 0.29) is 0 Å². The van der Waals surface area contributed by atoms with Crippen molar-refractivity contribution in [1.29, 1.82) is 0 Å². The Morgan fingerprint density at radius 3 is 2.65 bits per heavy atom. The Morgan fingerprint density at radius 1 is 1.18 bits per heavy atom. The van der Waals surface area contributed by atoms with Gasteiger partial charge in [0.2, 0.25) is 0 Å². The van der Waals surface area contributed by atoms with E-state index in [0.717, 1.165) is 29.9 Å². The van der Waals surface area contributed by atoms with E-state index in [4.69, 9.17) is 11.6 Å². The molecule has 0 aliphatic heterocycles. The number of aryl methyl sites for hydroxylation is 2. The molecule has 0 amide bonds. The number of halogens is 1. The number of rotatable bonds is 3. The smallest absolute Gasteiger partial charge is 0.133 e. The molecule has 0 bridgehead atoms. The zero-order valence-corrected chi connectivity index (χ0v) is 10.8. The van der Waals surface area contributed by atoms with Gasteiger partial charge in [-0.3, -0.25) is 0 Å². The van der Waals surface area contributed by atoms with Crippen molar-refractivity contribution in [1.82, 2.24) is 9.97 Å². The van der Waals surface area contributed by atoms with E-state index in [9.17, 15) is 0 Å². The molecule has 0 atom stereocenters. The van der Waals surface area contributed by atoms with Crippen molar-refractivity contribution in [2.24, 2.45) is 0 Å². The molecule has 0 saturated heterocycles. The summed E-state index contributed by atoms with van der Waals surface area (Å²) in [7, 11) is 0. The van der Waals surface area contributed by atoms with Crippen LogP contribution in [0.2, 0.25) is 5.15 Å². The first-order valence-electron chi connectivity index (χ1n) is 5.80. The van der Waals surface area contributed by atoms with Gasteiger partial charge in [0.05, 0.1) is 5.69 Å². The van der Waals surface area contributed by atoms with Crippen molar-refractivity contribution < 1.29 is 0 Å². The van der Waals surface area contributed by atoms with Gasteiger partial charge in [-0.1, -0.05) is 42.8 Å².